The molecule has 2 amide bonds. The van der Waals surface area contributed by atoms with Crippen LogP contribution in [-0.4, -0.2) is 73.9 Å². The highest BCUT2D eigenvalue weighted by atomic mass is 35.5. The Labute approximate surface area is 178 Å². The summed E-state index contributed by atoms with van der Waals surface area (Å²) in [6.07, 6.45) is 6.32. The number of anilines is 1. The minimum Gasteiger partial charge on any atom is -0.323 e. The maximum Gasteiger partial charge on any atom is 0.321 e. The van der Waals surface area contributed by atoms with Crippen molar-refractivity contribution in [3.8, 4) is 0 Å². The highest BCUT2D eigenvalue weighted by Crippen LogP contribution is 2.30. The number of nitrogens with zero attached hydrogens (tertiary/aromatic N) is 3. The first kappa shape index (κ1) is 20.9. The molecule has 1 N–H and O–H groups in total. The zero-order chi connectivity index (χ0) is 20.4. The largest absolute Gasteiger partial charge is 0.323 e. The van der Waals surface area contributed by atoms with Crippen molar-refractivity contribution in [2.24, 2.45) is 0 Å². The number of rotatable bonds is 4. The molecule has 29 heavy (non-hydrogen) atoms. The van der Waals surface area contributed by atoms with Crippen molar-refractivity contribution < 1.29 is 13.2 Å². The summed E-state index contributed by atoms with van der Waals surface area (Å²) in [6, 6.07) is 4.93. The van der Waals surface area contributed by atoms with Gasteiger partial charge in [-0.3, -0.25) is 4.90 Å². The molecule has 1 atom stereocenters. The van der Waals surface area contributed by atoms with Crippen molar-refractivity contribution in [1.82, 2.24) is 14.1 Å². The number of sulfonamides is 1. The minimum absolute atomic E-state index is 0.0625. The molecule has 0 spiro atoms. The Morgan fingerprint density at radius 2 is 1.69 bits per heavy atom. The number of amides is 2. The number of halogens is 1. The zero-order valence-corrected chi connectivity index (χ0v) is 18.2. The SMILES string of the molecule is O=C(Nc1ccc(Cl)c(S(=O)(=O)N2CCCC2)c1)N1CCC[C@H](N2CCCC2)C1. The topological polar surface area (TPSA) is 73.0 Å². The van der Waals surface area contributed by atoms with Crippen LogP contribution in [0.5, 0.6) is 0 Å². The smallest absolute Gasteiger partial charge is 0.321 e. The van der Waals surface area contributed by atoms with Gasteiger partial charge in [-0.05, 0) is 69.8 Å². The maximum absolute atomic E-state index is 12.9. The van der Waals surface area contributed by atoms with Crippen molar-refractivity contribution in [2.45, 2.75) is 49.5 Å². The minimum atomic E-state index is -3.64. The summed E-state index contributed by atoms with van der Waals surface area (Å²) in [7, 11) is -3.64. The zero-order valence-electron chi connectivity index (χ0n) is 16.6. The average Bonchev–Trinajstić information content (AvgIpc) is 3.44. The lowest BCUT2D eigenvalue weighted by atomic mass is 10.0. The summed E-state index contributed by atoms with van der Waals surface area (Å²) in [5, 5.41) is 3.06. The Morgan fingerprint density at radius 3 is 2.41 bits per heavy atom. The number of hydrogen-bond donors (Lipinski definition) is 1. The predicted molar refractivity (Wildman–Crippen MR) is 114 cm³/mol. The van der Waals surface area contributed by atoms with Crippen LogP contribution in [-0.2, 0) is 10.0 Å². The molecule has 0 radical (unpaired) electrons. The molecule has 3 aliphatic rings. The fourth-order valence-electron chi connectivity index (χ4n) is 4.59. The number of urea groups is 1. The van der Waals surface area contributed by atoms with Crippen LogP contribution in [0.25, 0.3) is 0 Å². The summed E-state index contributed by atoms with van der Waals surface area (Å²) in [6.45, 7) is 4.72. The van der Waals surface area contributed by atoms with E-state index in [1.807, 2.05) is 4.90 Å². The molecule has 9 heteroatoms. The van der Waals surface area contributed by atoms with Crippen LogP contribution in [0, 0.1) is 0 Å². The second kappa shape index (κ2) is 8.79. The fraction of sp³-hybridized carbons (Fsp3) is 0.650. The van der Waals surface area contributed by atoms with Crippen LogP contribution >= 0.6 is 11.6 Å². The summed E-state index contributed by atoms with van der Waals surface area (Å²) < 4.78 is 27.3. The van der Waals surface area contributed by atoms with Crippen LogP contribution in [0.4, 0.5) is 10.5 Å². The van der Waals surface area contributed by atoms with Crippen molar-refractivity contribution in [1.29, 1.82) is 0 Å². The van der Waals surface area contributed by atoms with Crippen molar-refractivity contribution >= 4 is 33.3 Å². The quantitative estimate of drug-likeness (QED) is 0.780. The lowest BCUT2D eigenvalue weighted by Gasteiger charge is -2.37. The number of carbonyl (C=O) groups excluding carboxylic acids is 1. The number of benzene rings is 1. The second-order valence-corrected chi connectivity index (χ2v) is 10.5. The first-order chi connectivity index (χ1) is 13.9. The molecule has 1 aromatic carbocycles. The molecule has 0 bridgehead atoms. The van der Waals surface area contributed by atoms with E-state index in [4.69, 9.17) is 11.6 Å². The van der Waals surface area contributed by atoms with Gasteiger partial charge in [0.15, 0.2) is 0 Å². The molecule has 0 unspecified atom stereocenters. The number of nitrogens with one attached hydrogen (secondary N) is 1. The number of carbonyl (C=O) groups is 1. The Bertz CT molecular complexity index is 851. The molecule has 3 saturated heterocycles. The Balaban J connectivity index is 1.45. The molecule has 1 aromatic rings. The van der Waals surface area contributed by atoms with Crippen molar-refractivity contribution in [3.05, 3.63) is 23.2 Å². The molecule has 160 valence electrons. The molecule has 3 heterocycles. The third-order valence-electron chi connectivity index (χ3n) is 6.21. The predicted octanol–water partition coefficient (Wildman–Crippen LogP) is 3.22. The number of likely N-dealkylation sites (tertiary alicyclic amines) is 2. The molecular weight excluding hydrogens is 412 g/mol. The Kier molecular flexibility index (Phi) is 6.34. The molecule has 3 aliphatic heterocycles. The van der Waals surface area contributed by atoms with Gasteiger partial charge in [0.25, 0.3) is 0 Å². The van der Waals surface area contributed by atoms with Crippen molar-refractivity contribution in [3.63, 3.8) is 0 Å². The molecule has 0 aromatic heterocycles. The van der Waals surface area contributed by atoms with Gasteiger partial charge >= 0.3 is 6.03 Å². The van der Waals surface area contributed by atoms with Crippen LogP contribution in [0.3, 0.4) is 0 Å². The second-order valence-electron chi connectivity index (χ2n) is 8.17. The Hall–Kier alpha value is -1.35. The van der Waals surface area contributed by atoms with E-state index in [2.05, 4.69) is 10.2 Å². The normalized spacial score (nSPS) is 24.2. The lowest BCUT2D eigenvalue weighted by Crippen LogP contribution is -2.50. The van der Waals surface area contributed by atoms with Gasteiger partial charge in [-0.15, -0.1) is 0 Å². The average molecular weight is 441 g/mol. The molecule has 4 rings (SSSR count). The van der Waals surface area contributed by atoms with E-state index >= 15 is 0 Å². The standard InChI is InChI=1S/C20H29ClN4O3S/c21-18-8-7-16(14-19(18)29(27,28)25-12-3-4-13-25)22-20(26)24-11-5-6-17(15-24)23-9-1-2-10-23/h7-8,14,17H,1-6,9-13,15H2,(H,22,26)/t17-/m0/s1. The highest BCUT2D eigenvalue weighted by molar-refractivity contribution is 7.89. The first-order valence-corrected chi connectivity index (χ1v) is 12.4. The van der Waals surface area contributed by atoms with Gasteiger partial charge < -0.3 is 10.2 Å². The van der Waals surface area contributed by atoms with E-state index in [0.29, 0.717) is 24.8 Å². The Morgan fingerprint density at radius 1 is 1.00 bits per heavy atom. The van der Waals surface area contributed by atoms with Gasteiger partial charge in [-0.25, -0.2) is 13.2 Å². The molecule has 0 saturated carbocycles. The number of piperidine rings is 1. The van der Waals surface area contributed by atoms with Gasteiger partial charge in [0.2, 0.25) is 10.0 Å². The van der Waals surface area contributed by atoms with E-state index in [-0.39, 0.29) is 15.9 Å². The third kappa shape index (κ3) is 4.55. The van der Waals surface area contributed by atoms with Gasteiger partial charge in [-0.1, -0.05) is 11.6 Å². The van der Waals surface area contributed by atoms with Crippen LogP contribution in [0.15, 0.2) is 23.1 Å². The summed E-state index contributed by atoms with van der Waals surface area (Å²) in [4.78, 5) is 17.2. The summed E-state index contributed by atoms with van der Waals surface area (Å²) in [5.74, 6) is 0. The van der Waals surface area contributed by atoms with E-state index < -0.39 is 10.0 Å². The molecule has 7 nitrogen and oxygen atoms in total. The third-order valence-corrected chi connectivity index (χ3v) is 8.59. The molecular formula is C20H29ClN4O3S. The monoisotopic (exact) mass is 440 g/mol. The van der Waals surface area contributed by atoms with Gasteiger partial charge in [-0.2, -0.15) is 4.31 Å². The summed E-state index contributed by atoms with van der Waals surface area (Å²) in [5.41, 5.74) is 0.459. The van der Waals surface area contributed by atoms with Crippen LogP contribution in [0.1, 0.15) is 38.5 Å². The molecule has 3 fully saturated rings. The van der Waals surface area contributed by atoms with Gasteiger partial charge in [0, 0.05) is 37.9 Å². The highest BCUT2D eigenvalue weighted by Gasteiger charge is 2.31. The van der Waals surface area contributed by atoms with E-state index in [1.165, 1.54) is 23.2 Å². The molecule has 0 aliphatic carbocycles. The van der Waals surface area contributed by atoms with Gasteiger partial charge in [0.05, 0.1) is 5.02 Å². The van der Waals surface area contributed by atoms with Crippen LogP contribution in [0.2, 0.25) is 5.02 Å². The lowest BCUT2D eigenvalue weighted by molar-refractivity contribution is 0.132. The maximum atomic E-state index is 12.9. The van der Waals surface area contributed by atoms with Crippen LogP contribution < -0.4 is 5.32 Å². The summed E-state index contributed by atoms with van der Waals surface area (Å²) >= 11 is 6.20. The van der Waals surface area contributed by atoms with Gasteiger partial charge in [0.1, 0.15) is 4.90 Å². The first-order valence-electron chi connectivity index (χ1n) is 10.5. The number of hydrogen-bond acceptors (Lipinski definition) is 4. The fourth-order valence-corrected chi connectivity index (χ4v) is 6.61. The van der Waals surface area contributed by atoms with Crippen molar-refractivity contribution in [2.75, 3.05) is 44.6 Å². The van der Waals surface area contributed by atoms with E-state index in [9.17, 15) is 13.2 Å². The van der Waals surface area contributed by atoms with E-state index in [1.54, 1.807) is 12.1 Å². The van der Waals surface area contributed by atoms with E-state index in [0.717, 1.165) is 51.9 Å².